The topological polar surface area (TPSA) is 140 Å². The molecule has 6 rings (SSSR count). The average molecular weight is 678 g/mol. The van der Waals surface area contributed by atoms with Gasteiger partial charge in [0.2, 0.25) is 5.75 Å². The number of hydrogen-bond acceptors (Lipinski definition) is 8. The highest BCUT2D eigenvalue weighted by Crippen LogP contribution is 2.45. The van der Waals surface area contributed by atoms with Gasteiger partial charge in [0.1, 0.15) is 28.7 Å². The van der Waals surface area contributed by atoms with E-state index < -0.39 is 0 Å². The molecule has 2 aliphatic heterocycles. The van der Waals surface area contributed by atoms with Crippen LogP contribution in [0.4, 0.5) is 0 Å². The molecule has 12 heteroatoms. The van der Waals surface area contributed by atoms with E-state index in [1.165, 1.54) is 42.5 Å². The number of ether oxygens (including phenoxy) is 2. The summed E-state index contributed by atoms with van der Waals surface area (Å²) in [5.74, 6) is -1.74. The Labute approximate surface area is 271 Å². The van der Waals surface area contributed by atoms with Crippen LogP contribution < -0.4 is 9.47 Å². The van der Waals surface area contributed by atoms with E-state index in [4.69, 9.17) is 55.9 Å². The molecule has 0 saturated carbocycles. The summed E-state index contributed by atoms with van der Waals surface area (Å²) in [5, 5.41) is 63.9. The molecule has 228 valence electrons. The molecule has 4 aromatic carbocycles. The monoisotopic (exact) mass is 676 g/mol. The van der Waals surface area contributed by atoms with Crippen LogP contribution >= 0.6 is 46.4 Å². The largest absolute Gasteiger partial charge is 0.508 e. The highest BCUT2D eigenvalue weighted by Gasteiger charge is 2.19. The first kappa shape index (κ1) is 31.3. The smallest absolute Gasteiger partial charge is 0.210 e. The molecular weight excluding hydrogens is 654 g/mol. The van der Waals surface area contributed by atoms with E-state index in [-0.39, 0.29) is 98.3 Å². The molecular formula is C32H24Cl4O8. The van der Waals surface area contributed by atoms with Crippen molar-refractivity contribution in [1.29, 1.82) is 0 Å². The maximum Gasteiger partial charge on any atom is 0.210 e. The van der Waals surface area contributed by atoms with Gasteiger partial charge in [0.05, 0.1) is 10.0 Å². The first-order valence-electron chi connectivity index (χ1n) is 13.0. The van der Waals surface area contributed by atoms with Crippen molar-refractivity contribution in [2.75, 3.05) is 0 Å². The van der Waals surface area contributed by atoms with Crippen LogP contribution in [0.3, 0.4) is 0 Å². The number of phenolic OH excluding ortho intramolecular Hbond substituents is 6. The van der Waals surface area contributed by atoms with E-state index >= 15 is 0 Å². The second kappa shape index (κ2) is 12.9. The minimum Gasteiger partial charge on any atom is -0.508 e. The van der Waals surface area contributed by atoms with Crippen LogP contribution in [0.15, 0.2) is 70.7 Å². The summed E-state index contributed by atoms with van der Waals surface area (Å²) in [7, 11) is 0. The fourth-order valence-electron chi connectivity index (χ4n) is 4.60. The number of halogens is 4. The minimum atomic E-state index is -0.373. The molecule has 6 bridgehead atoms. The summed E-state index contributed by atoms with van der Waals surface area (Å²) in [6, 6.07) is 10.7. The van der Waals surface area contributed by atoms with Crippen molar-refractivity contribution in [1.82, 2.24) is 0 Å². The van der Waals surface area contributed by atoms with Gasteiger partial charge in [-0.1, -0.05) is 58.6 Å². The zero-order valence-corrected chi connectivity index (χ0v) is 25.6. The molecule has 0 aliphatic carbocycles. The molecule has 6 N–H and O–H groups in total. The van der Waals surface area contributed by atoms with Crippen molar-refractivity contribution < 1.29 is 40.1 Å². The Morgan fingerprint density at radius 3 is 1.50 bits per heavy atom. The summed E-state index contributed by atoms with van der Waals surface area (Å²) in [5.41, 5.74) is 1.54. The van der Waals surface area contributed by atoms with Crippen LogP contribution in [0.25, 0.3) is 0 Å². The molecule has 4 aromatic rings. The van der Waals surface area contributed by atoms with Gasteiger partial charge in [-0.05, 0) is 48.7 Å². The summed E-state index contributed by atoms with van der Waals surface area (Å²) in [6.45, 7) is 0. The van der Waals surface area contributed by atoms with E-state index in [1.54, 1.807) is 12.2 Å². The van der Waals surface area contributed by atoms with Gasteiger partial charge < -0.3 is 40.1 Å². The van der Waals surface area contributed by atoms with Crippen LogP contribution in [0.2, 0.25) is 10.0 Å². The van der Waals surface area contributed by atoms with E-state index in [0.717, 1.165) is 6.07 Å². The van der Waals surface area contributed by atoms with Gasteiger partial charge in [-0.25, -0.2) is 0 Å². The summed E-state index contributed by atoms with van der Waals surface area (Å²) < 4.78 is 11.7. The molecule has 8 nitrogen and oxygen atoms in total. The van der Waals surface area contributed by atoms with Crippen molar-refractivity contribution >= 4 is 46.4 Å². The SMILES string of the molecule is Oc1cc(O)c2c(c1)C/C(Cl)=C\Cc1cc(c(Cl)cc1O)Oc1c(O)cc(cc1O)C/C(Cl)=C/Cc1cc(c(Cl)cc1O)O2. The number of phenols is 6. The van der Waals surface area contributed by atoms with Crippen LogP contribution in [0.5, 0.6) is 57.5 Å². The van der Waals surface area contributed by atoms with Crippen molar-refractivity contribution in [3.05, 3.63) is 103 Å². The second-order valence-corrected chi connectivity index (χ2v) is 11.8. The van der Waals surface area contributed by atoms with Gasteiger partial charge in [-0.2, -0.15) is 0 Å². The number of rotatable bonds is 0. The van der Waals surface area contributed by atoms with E-state index in [0.29, 0.717) is 27.3 Å². The molecule has 0 aromatic heterocycles. The predicted octanol–water partition coefficient (Wildman–Crippen LogP) is 8.94. The molecule has 0 unspecified atom stereocenters. The number of fused-ring (bicyclic) bond motifs is 6. The lowest BCUT2D eigenvalue weighted by Gasteiger charge is -2.16. The van der Waals surface area contributed by atoms with Crippen molar-refractivity contribution in [2.24, 2.45) is 0 Å². The lowest BCUT2D eigenvalue weighted by molar-refractivity contribution is 0.375. The number of hydrogen-bond donors (Lipinski definition) is 6. The third kappa shape index (κ3) is 7.00. The zero-order valence-electron chi connectivity index (χ0n) is 22.6. The van der Waals surface area contributed by atoms with E-state index in [9.17, 15) is 30.6 Å². The van der Waals surface area contributed by atoms with Crippen molar-refractivity contribution in [3.63, 3.8) is 0 Å². The average Bonchev–Trinajstić information content (AvgIpc) is 2.93. The summed E-state index contributed by atoms with van der Waals surface area (Å²) in [6.07, 6.45) is 3.62. The number of aromatic hydroxyl groups is 6. The Kier molecular flexibility index (Phi) is 9.18. The molecule has 0 fully saturated rings. The molecule has 0 radical (unpaired) electrons. The fraction of sp³-hybridized carbons (Fsp3) is 0.125. The molecule has 2 aliphatic rings. The zero-order chi connectivity index (χ0) is 31.7. The van der Waals surface area contributed by atoms with E-state index in [1.807, 2.05) is 0 Å². The Morgan fingerprint density at radius 2 is 0.955 bits per heavy atom. The van der Waals surface area contributed by atoms with Gasteiger partial charge >= 0.3 is 0 Å². The third-order valence-electron chi connectivity index (χ3n) is 6.75. The molecule has 0 saturated heterocycles. The Balaban J connectivity index is 1.63. The Morgan fingerprint density at radius 1 is 0.477 bits per heavy atom. The third-order valence-corrected chi connectivity index (χ3v) is 7.92. The van der Waals surface area contributed by atoms with Gasteiger partial charge in [0, 0.05) is 57.8 Å². The standard InChI is InChI=1S/C32H24Cl4O8/c33-19-3-1-16-10-29(22(35)13-24(16)38)43-31-18(9-21(37)12-28(31)42)8-20(34)4-2-17-11-30(23(36)14-25(17)39)44-32-26(40)6-15(5-19)7-27(32)41/h3-4,6-7,9-14,37-42H,1-2,5,8H2/b19-3-,20-4+. The van der Waals surface area contributed by atoms with Gasteiger partial charge in [-0.3, -0.25) is 0 Å². The lowest BCUT2D eigenvalue weighted by Crippen LogP contribution is -1.97. The van der Waals surface area contributed by atoms with Gasteiger partial charge in [0.15, 0.2) is 23.0 Å². The van der Waals surface area contributed by atoms with Crippen LogP contribution in [-0.4, -0.2) is 30.6 Å². The second-order valence-electron chi connectivity index (χ2n) is 10.0. The summed E-state index contributed by atoms with van der Waals surface area (Å²) in [4.78, 5) is 0. The van der Waals surface area contributed by atoms with Crippen LogP contribution in [-0.2, 0) is 25.7 Å². The van der Waals surface area contributed by atoms with Crippen molar-refractivity contribution in [3.8, 4) is 57.5 Å². The van der Waals surface area contributed by atoms with Crippen molar-refractivity contribution in [2.45, 2.75) is 25.7 Å². The van der Waals surface area contributed by atoms with Gasteiger partial charge in [-0.15, -0.1) is 0 Å². The normalized spacial score (nSPS) is 16.2. The number of allylic oxidation sites excluding steroid dienone is 4. The van der Waals surface area contributed by atoms with Crippen LogP contribution in [0, 0.1) is 0 Å². The first-order valence-corrected chi connectivity index (χ1v) is 14.6. The Bertz CT molecular complexity index is 1810. The maximum absolute atomic E-state index is 10.7. The molecule has 2 heterocycles. The van der Waals surface area contributed by atoms with Crippen LogP contribution in [0.1, 0.15) is 22.3 Å². The fourth-order valence-corrected chi connectivity index (χ4v) is 5.45. The number of benzene rings is 4. The maximum atomic E-state index is 10.7. The Hall–Kier alpha value is -4.08. The first-order chi connectivity index (χ1) is 20.9. The molecule has 44 heavy (non-hydrogen) atoms. The predicted molar refractivity (Wildman–Crippen MR) is 169 cm³/mol. The highest BCUT2D eigenvalue weighted by atomic mass is 35.5. The van der Waals surface area contributed by atoms with Gasteiger partial charge in [0.25, 0.3) is 0 Å². The molecule has 0 amide bonds. The lowest BCUT2D eigenvalue weighted by atomic mass is 10.1. The van der Waals surface area contributed by atoms with E-state index in [2.05, 4.69) is 0 Å². The highest BCUT2D eigenvalue weighted by molar-refractivity contribution is 6.32. The quantitative estimate of drug-likeness (QED) is 0.108. The minimum absolute atomic E-state index is 0.00551. The summed E-state index contributed by atoms with van der Waals surface area (Å²) >= 11 is 25.7. The molecule has 0 atom stereocenters. The molecule has 0 spiro atoms.